The summed E-state index contributed by atoms with van der Waals surface area (Å²) in [4.78, 5) is 43.7. The Morgan fingerprint density at radius 2 is 1.59 bits per heavy atom. The number of carbonyl (C=O) groups is 3. The quantitative estimate of drug-likeness (QED) is 0.124. The third kappa shape index (κ3) is 8.29. The number of nitrogens with two attached hydrogens (primary N) is 1. The summed E-state index contributed by atoms with van der Waals surface area (Å²) < 4.78 is 10.9. The lowest BCUT2D eigenvalue weighted by molar-refractivity contribution is -0.141. The minimum absolute atomic E-state index is 0.0177. The van der Waals surface area contributed by atoms with Crippen molar-refractivity contribution in [2.24, 2.45) is 5.73 Å². The Hall–Kier alpha value is -6.13. The number of nitrogens with zero attached hydrogens (tertiary/aromatic N) is 3. The molecule has 2 amide bonds. The molecule has 0 aromatic heterocycles. The van der Waals surface area contributed by atoms with E-state index in [4.69, 9.17) is 15.2 Å². The smallest absolute Gasteiger partial charge is 0.305 e. The monoisotopic (exact) mass is 778 g/mol. The maximum atomic E-state index is 13.3. The molecule has 3 atom stereocenters. The second kappa shape index (κ2) is 17.2. The van der Waals surface area contributed by atoms with Gasteiger partial charge < -0.3 is 30.1 Å². The number of hydrogen-bond acceptors (Lipinski definition) is 8. The maximum Gasteiger partial charge on any atom is 0.305 e. The largest absolute Gasteiger partial charge is 0.508 e. The maximum absolute atomic E-state index is 13.3. The summed E-state index contributed by atoms with van der Waals surface area (Å²) in [5.74, 6) is 0.102. The Morgan fingerprint density at radius 3 is 2.31 bits per heavy atom. The number of primary amides is 1. The molecule has 5 aromatic carbocycles. The molecule has 3 aliphatic rings. The summed E-state index contributed by atoms with van der Waals surface area (Å²) >= 11 is 0. The fourth-order valence-electron chi connectivity index (χ4n) is 9.02. The van der Waals surface area contributed by atoms with Gasteiger partial charge in [-0.15, -0.1) is 0 Å². The summed E-state index contributed by atoms with van der Waals surface area (Å²) in [5, 5.41) is 10.2. The molecule has 0 bridgehead atoms. The summed E-state index contributed by atoms with van der Waals surface area (Å²) in [6, 6.07) is 38.8. The predicted molar refractivity (Wildman–Crippen MR) is 223 cm³/mol. The molecule has 10 nitrogen and oxygen atoms in total. The molecule has 0 saturated carbocycles. The van der Waals surface area contributed by atoms with Crippen molar-refractivity contribution >= 4 is 23.5 Å². The number of carbonyl (C=O) groups excluding carboxylic acids is 3. The molecule has 298 valence electrons. The van der Waals surface area contributed by atoms with Crippen LogP contribution in [0.1, 0.15) is 80.4 Å². The molecule has 3 N–H and O–H groups in total. The number of anilines is 1. The average molecular weight is 779 g/mol. The first-order valence-corrected chi connectivity index (χ1v) is 20.2. The Bertz CT molecular complexity index is 2250. The molecule has 2 aliphatic heterocycles. The molecule has 1 fully saturated rings. The number of fused-ring (bicyclic) bond motifs is 2. The number of hydrogen-bond donors (Lipinski definition) is 2. The second-order valence-corrected chi connectivity index (χ2v) is 15.6. The van der Waals surface area contributed by atoms with E-state index in [1.807, 2.05) is 18.2 Å². The molecule has 2 heterocycles. The van der Waals surface area contributed by atoms with Crippen molar-refractivity contribution in [1.29, 1.82) is 0 Å². The summed E-state index contributed by atoms with van der Waals surface area (Å²) in [5.41, 5.74) is 15.6. The van der Waals surface area contributed by atoms with Gasteiger partial charge >= 0.3 is 5.97 Å². The molecule has 0 radical (unpaired) electrons. The Kier molecular flexibility index (Phi) is 11.5. The molecular weight excluding hydrogens is 729 g/mol. The minimum Gasteiger partial charge on any atom is -0.508 e. The van der Waals surface area contributed by atoms with Crippen LogP contribution in [0.2, 0.25) is 0 Å². The van der Waals surface area contributed by atoms with Gasteiger partial charge in [0.1, 0.15) is 24.1 Å². The first kappa shape index (κ1) is 38.7. The molecule has 5 aromatic rings. The van der Waals surface area contributed by atoms with Crippen LogP contribution in [-0.2, 0) is 40.4 Å². The number of esters is 1. The summed E-state index contributed by atoms with van der Waals surface area (Å²) in [6.45, 7) is 5.22. The van der Waals surface area contributed by atoms with Gasteiger partial charge in [-0.3, -0.25) is 19.3 Å². The summed E-state index contributed by atoms with van der Waals surface area (Å²) in [6.07, 6.45) is 2.09. The lowest BCUT2D eigenvalue weighted by atomic mass is 9.69. The fraction of sp³-hybridized carbons (Fsp3) is 0.312. The van der Waals surface area contributed by atoms with Crippen LogP contribution < -0.4 is 15.4 Å². The van der Waals surface area contributed by atoms with Gasteiger partial charge in [0.15, 0.2) is 0 Å². The number of benzene rings is 5. The van der Waals surface area contributed by atoms with Crippen LogP contribution in [0.3, 0.4) is 0 Å². The Morgan fingerprint density at radius 1 is 0.845 bits per heavy atom. The van der Waals surface area contributed by atoms with E-state index in [1.54, 1.807) is 12.1 Å². The number of aromatic hydroxyl groups is 1. The van der Waals surface area contributed by atoms with E-state index in [2.05, 4.69) is 94.7 Å². The average Bonchev–Trinajstić information content (AvgIpc) is 3.59. The topological polar surface area (TPSA) is 126 Å². The van der Waals surface area contributed by atoms with E-state index < -0.39 is 17.9 Å². The van der Waals surface area contributed by atoms with E-state index in [1.165, 1.54) is 45.5 Å². The van der Waals surface area contributed by atoms with Crippen molar-refractivity contribution in [3.05, 3.63) is 160 Å². The van der Waals surface area contributed by atoms with E-state index in [0.29, 0.717) is 35.2 Å². The highest BCUT2D eigenvalue weighted by Gasteiger charge is 2.37. The molecule has 58 heavy (non-hydrogen) atoms. The number of amides is 2. The van der Waals surface area contributed by atoms with Crippen LogP contribution in [0.25, 0.3) is 0 Å². The molecule has 1 saturated heterocycles. The van der Waals surface area contributed by atoms with Gasteiger partial charge in [-0.05, 0) is 95.0 Å². The van der Waals surface area contributed by atoms with Crippen molar-refractivity contribution in [1.82, 2.24) is 9.80 Å². The van der Waals surface area contributed by atoms with Crippen LogP contribution in [-0.4, -0.2) is 72.0 Å². The van der Waals surface area contributed by atoms with Gasteiger partial charge in [0.05, 0.1) is 13.7 Å². The summed E-state index contributed by atoms with van der Waals surface area (Å²) in [7, 11) is 1.28. The third-order valence-electron chi connectivity index (χ3n) is 12.1. The first-order chi connectivity index (χ1) is 28.2. The normalized spacial score (nSPS) is 18.3. The lowest BCUT2D eigenvalue weighted by Gasteiger charge is -2.37. The van der Waals surface area contributed by atoms with Gasteiger partial charge in [-0.2, -0.15) is 0 Å². The van der Waals surface area contributed by atoms with Crippen LogP contribution in [0.5, 0.6) is 11.5 Å². The molecule has 1 aliphatic carbocycles. The standard InChI is InChI=1S/C48H50N4O6/c1-57-45(54)23-22-43(47(49)55)52-30-42-41(48(52)56)8-5-9-44(42)58-31-33-12-10-32(11-13-33)29-50-24-26-51(27-25-50)37-17-14-35(15-18-37)46-39(34-6-3-2-4-7-34)20-16-36-28-38(53)19-21-40(36)46/h2-15,17-19,21,28,39,43,46,53H,16,20,22-27,29-31H2,1H3,(H2,49,55)/t39-,43?,46+/m1/s1. The van der Waals surface area contributed by atoms with Crippen molar-refractivity contribution in [2.45, 2.75) is 63.3 Å². The van der Waals surface area contributed by atoms with E-state index in [9.17, 15) is 19.5 Å². The zero-order chi connectivity index (χ0) is 40.2. The van der Waals surface area contributed by atoms with Gasteiger partial charge in [-0.25, -0.2) is 0 Å². The van der Waals surface area contributed by atoms with Gasteiger partial charge in [-0.1, -0.05) is 78.9 Å². The van der Waals surface area contributed by atoms with Crippen molar-refractivity contribution in [3.8, 4) is 11.5 Å². The van der Waals surface area contributed by atoms with Crippen LogP contribution in [0.15, 0.2) is 115 Å². The lowest BCUT2D eigenvalue weighted by Crippen LogP contribution is -2.45. The SMILES string of the molecule is COC(=O)CCC(C(N)=O)N1Cc2c(OCc3ccc(CN4CCN(c5ccc([C@@H]6c7ccc(O)cc7CC[C@@H]6c6ccccc6)cc5)CC4)cc3)cccc2C1=O. The zero-order valence-electron chi connectivity index (χ0n) is 32.9. The molecular formula is C48H50N4O6. The van der Waals surface area contributed by atoms with E-state index >= 15 is 0 Å². The molecule has 10 heteroatoms. The zero-order valence-corrected chi connectivity index (χ0v) is 32.9. The highest BCUT2D eigenvalue weighted by Crippen LogP contribution is 2.47. The molecule has 8 rings (SSSR count). The fourth-order valence-corrected chi connectivity index (χ4v) is 9.02. The number of ether oxygens (including phenoxy) is 2. The Labute approximate surface area is 339 Å². The van der Waals surface area contributed by atoms with Crippen molar-refractivity contribution in [3.63, 3.8) is 0 Å². The molecule has 0 spiro atoms. The van der Waals surface area contributed by atoms with Gasteiger partial charge in [0, 0.05) is 61.9 Å². The number of rotatable bonds is 13. The van der Waals surface area contributed by atoms with E-state index in [0.717, 1.165) is 51.1 Å². The highest BCUT2D eigenvalue weighted by molar-refractivity contribution is 6.01. The van der Waals surface area contributed by atoms with Gasteiger partial charge in [0.2, 0.25) is 5.91 Å². The van der Waals surface area contributed by atoms with Crippen LogP contribution in [0.4, 0.5) is 5.69 Å². The number of phenols is 1. The van der Waals surface area contributed by atoms with E-state index in [-0.39, 0.29) is 31.2 Å². The number of methoxy groups -OCH3 is 1. The Balaban J connectivity index is 0.849. The third-order valence-corrected chi connectivity index (χ3v) is 12.1. The van der Waals surface area contributed by atoms with Crippen LogP contribution >= 0.6 is 0 Å². The molecule has 1 unspecified atom stereocenters. The number of aryl methyl sites for hydroxylation is 1. The van der Waals surface area contributed by atoms with Crippen molar-refractivity contribution < 1.29 is 29.0 Å². The van der Waals surface area contributed by atoms with Gasteiger partial charge in [0.25, 0.3) is 5.91 Å². The second-order valence-electron chi connectivity index (χ2n) is 15.6. The number of phenolic OH excluding ortho intramolecular Hbond substituents is 1. The van der Waals surface area contributed by atoms with Crippen molar-refractivity contribution in [2.75, 3.05) is 38.2 Å². The number of piperazine rings is 1. The minimum atomic E-state index is -0.925. The predicted octanol–water partition coefficient (Wildman–Crippen LogP) is 6.92. The van der Waals surface area contributed by atoms with Crippen LogP contribution in [0, 0.1) is 0 Å². The first-order valence-electron chi connectivity index (χ1n) is 20.2. The highest BCUT2D eigenvalue weighted by atomic mass is 16.5.